The van der Waals surface area contributed by atoms with Crippen LogP contribution in [-0.4, -0.2) is 78.2 Å². The number of carbonyl (C=O) groups is 1. The summed E-state index contributed by atoms with van der Waals surface area (Å²) in [5.41, 5.74) is 6.76. The number of methoxy groups -OCH3 is 1. The molecule has 0 bridgehead atoms. The Balaban J connectivity index is 1.31. The number of aromatic amines is 1. The number of likely N-dealkylation sites (N-methyl/N-ethyl adjacent to an activating group) is 1. The number of aromatic nitrogens is 3. The Labute approximate surface area is 226 Å². The Bertz CT molecular complexity index is 1530. The number of hydrogen-bond donors (Lipinski definition) is 1. The van der Waals surface area contributed by atoms with Crippen molar-refractivity contribution in [3.05, 3.63) is 65.2 Å². The van der Waals surface area contributed by atoms with Gasteiger partial charge in [0.2, 0.25) is 0 Å². The molecule has 1 atom stereocenters. The lowest BCUT2D eigenvalue weighted by Gasteiger charge is -2.27. The number of rotatable bonds is 6. The molecule has 2 aliphatic rings. The molecule has 4 aromatic rings. The Morgan fingerprint density at radius 1 is 1.28 bits per heavy atom. The first kappa shape index (κ1) is 25.5. The van der Waals surface area contributed by atoms with Gasteiger partial charge in [0.1, 0.15) is 17.1 Å². The van der Waals surface area contributed by atoms with E-state index in [2.05, 4.69) is 28.0 Å². The average Bonchev–Trinajstić information content (AvgIpc) is 3.61. The number of nitrogens with zero attached hydrogens (tertiary/aromatic N) is 4. The minimum absolute atomic E-state index is 0.0542. The number of ether oxygens (including phenoxy) is 2. The molecule has 8 nitrogen and oxygen atoms in total. The van der Waals surface area contributed by atoms with E-state index in [0.29, 0.717) is 42.2 Å². The second-order valence-corrected chi connectivity index (χ2v) is 10.6. The van der Waals surface area contributed by atoms with Gasteiger partial charge in [0.25, 0.3) is 5.91 Å². The van der Waals surface area contributed by atoms with Crippen LogP contribution >= 0.6 is 0 Å². The van der Waals surface area contributed by atoms with Crippen LogP contribution in [0.4, 0.5) is 4.39 Å². The first-order valence-corrected chi connectivity index (χ1v) is 13.3. The molecular formula is C30H32FN5O3. The molecule has 2 aliphatic heterocycles. The topological polar surface area (TPSA) is 83.6 Å². The highest BCUT2D eigenvalue weighted by atomic mass is 19.1. The van der Waals surface area contributed by atoms with Crippen LogP contribution in [0, 0.1) is 11.7 Å². The normalized spacial score (nSPS) is 17.4. The standard InChI is InChI=1S/C30H32FN5O3/c1-35-8-6-20-10-21(12-27(38-3)24(20)16-35)26-14-33-29-28(34-26)23(13-32-29)19-4-5-22(25(31)11-19)30(37)36(2)15-18-7-9-39-17-18/h4-5,10-14,18H,6-9,15-17H2,1-3H3,(H,32,33)/t18-/m1/s1. The molecule has 1 saturated heterocycles. The number of hydrogen-bond acceptors (Lipinski definition) is 6. The van der Waals surface area contributed by atoms with Crippen LogP contribution < -0.4 is 4.74 Å². The van der Waals surface area contributed by atoms with Gasteiger partial charge in [-0.1, -0.05) is 6.07 Å². The van der Waals surface area contributed by atoms with Gasteiger partial charge in [0.05, 0.1) is 31.2 Å². The fourth-order valence-corrected chi connectivity index (χ4v) is 5.61. The maximum atomic E-state index is 15.2. The molecule has 0 unspecified atom stereocenters. The first-order chi connectivity index (χ1) is 18.9. The monoisotopic (exact) mass is 529 g/mol. The molecule has 0 saturated carbocycles. The summed E-state index contributed by atoms with van der Waals surface area (Å²) < 4.78 is 26.4. The lowest BCUT2D eigenvalue weighted by atomic mass is 9.95. The Morgan fingerprint density at radius 3 is 2.92 bits per heavy atom. The number of carbonyl (C=O) groups excluding carboxylic acids is 1. The van der Waals surface area contributed by atoms with Gasteiger partial charge in [-0.3, -0.25) is 4.79 Å². The van der Waals surface area contributed by atoms with Gasteiger partial charge in [0, 0.05) is 62.1 Å². The van der Waals surface area contributed by atoms with Crippen molar-refractivity contribution >= 4 is 17.1 Å². The largest absolute Gasteiger partial charge is 0.496 e. The SMILES string of the molecule is COc1cc(-c2cnc3[nH]cc(-c4ccc(C(=O)N(C)C[C@H]5CCOC5)c(F)c4)c3n2)cc2c1CN(C)CC2. The maximum Gasteiger partial charge on any atom is 0.256 e. The number of H-pyrrole nitrogens is 1. The molecule has 2 aromatic heterocycles. The summed E-state index contributed by atoms with van der Waals surface area (Å²) in [6.07, 6.45) is 5.37. The molecule has 1 fully saturated rings. The Hall–Kier alpha value is -3.82. The molecule has 2 aromatic carbocycles. The lowest BCUT2D eigenvalue weighted by Crippen LogP contribution is -2.32. The number of nitrogens with one attached hydrogen (secondary N) is 1. The van der Waals surface area contributed by atoms with Crippen LogP contribution in [0.25, 0.3) is 33.5 Å². The van der Waals surface area contributed by atoms with E-state index in [1.54, 1.807) is 43.6 Å². The van der Waals surface area contributed by atoms with E-state index in [9.17, 15) is 4.79 Å². The van der Waals surface area contributed by atoms with Crippen molar-refractivity contribution in [3.63, 3.8) is 0 Å². The number of benzene rings is 2. The molecular weight excluding hydrogens is 497 g/mol. The minimum atomic E-state index is -0.560. The number of halogens is 1. The smallest absolute Gasteiger partial charge is 0.256 e. The zero-order chi connectivity index (χ0) is 27.1. The van der Waals surface area contributed by atoms with Crippen molar-refractivity contribution < 1.29 is 18.7 Å². The molecule has 0 aliphatic carbocycles. The van der Waals surface area contributed by atoms with Gasteiger partial charge in [-0.15, -0.1) is 0 Å². The van der Waals surface area contributed by atoms with Crippen LogP contribution in [0.1, 0.15) is 27.9 Å². The van der Waals surface area contributed by atoms with Crippen LogP contribution in [0.2, 0.25) is 0 Å². The van der Waals surface area contributed by atoms with Crippen molar-refractivity contribution in [2.45, 2.75) is 19.4 Å². The second-order valence-electron chi connectivity index (χ2n) is 10.6. The maximum absolute atomic E-state index is 15.2. The molecule has 202 valence electrons. The van der Waals surface area contributed by atoms with Gasteiger partial charge >= 0.3 is 0 Å². The minimum Gasteiger partial charge on any atom is -0.496 e. The fourth-order valence-electron chi connectivity index (χ4n) is 5.61. The summed E-state index contributed by atoms with van der Waals surface area (Å²) in [6, 6.07) is 8.89. The molecule has 0 spiro atoms. The van der Waals surface area contributed by atoms with E-state index in [1.165, 1.54) is 17.2 Å². The third-order valence-corrected chi connectivity index (χ3v) is 7.80. The quantitative estimate of drug-likeness (QED) is 0.395. The van der Waals surface area contributed by atoms with E-state index in [-0.39, 0.29) is 17.4 Å². The summed E-state index contributed by atoms with van der Waals surface area (Å²) in [7, 11) is 5.51. The number of fused-ring (bicyclic) bond motifs is 2. The average molecular weight is 530 g/mol. The predicted molar refractivity (Wildman–Crippen MR) is 147 cm³/mol. The van der Waals surface area contributed by atoms with Crippen LogP contribution in [-0.2, 0) is 17.7 Å². The van der Waals surface area contributed by atoms with Gasteiger partial charge in [-0.25, -0.2) is 14.4 Å². The van der Waals surface area contributed by atoms with Crippen molar-refractivity contribution in [3.8, 4) is 28.1 Å². The molecule has 6 rings (SSSR count). The molecule has 1 N–H and O–H groups in total. The molecule has 39 heavy (non-hydrogen) atoms. The number of amides is 1. The zero-order valence-corrected chi connectivity index (χ0v) is 22.5. The van der Waals surface area contributed by atoms with E-state index >= 15 is 4.39 Å². The van der Waals surface area contributed by atoms with Crippen molar-refractivity contribution in [1.29, 1.82) is 0 Å². The van der Waals surface area contributed by atoms with Gasteiger partial charge in [0.15, 0.2) is 5.65 Å². The fraction of sp³-hybridized carbons (Fsp3) is 0.367. The van der Waals surface area contributed by atoms with E-state index in [1.807, 2.05) is 6.07 Å². The van der Waals surface area contributed by atoms with Crippen molar-refractivity contribution in [2.24, 2.45) is 5.92 Å². The second kappa shape index (κ2) is 10.4. The summed E-state index contributed by atoms with van der Waals surface area (Å²) in [5.74, 6) is 0.240. The highest BCUT2D eigenvalue weighted by Crippen LogP contribution is 2.35. The van der Waals surface area contributed by atoms with Gasteiger partial charge in [-0.05, 0) is 55.3 Å². The summed E-state index contributed by atoms with van der Waals surface area (Å²) in [6.45, 7) is 3.73. The summed E-state index contributed by atoms with van der Waals surface area (Å²) in [4.78, 5) is 29.5. The Morgan fingerprint density at radius 2 is 2.15 bits per heavy atom. The van der Waals surface area contributed by atoms with E-state index < -0.39 is 5.82 Å². The Kier molecular flexibility index (Phi) is 6.78. The zero-order valence-electron chi connectivity index (χ0n) is 22.5. The molecule has 4 heterocycles. The lowest BCUT2D eigenvalue weighted by molar-refractivity contribution is 0.0761. The summed E-state index contributed by atoms with van der Waals surface area (Å²) >= 11 is 0. The molecule has 0 radical (unpaired) electrons. The van der Waals surface area contributed by atoms with Gasteiger partial charge < -0.3 is 24.3 Å². The van der Waals surface area contributed by atoms with E-state index in [0.717, 1.165) is 42.8 Å². The van der Waals surface area contributed by atoms with Crippen molar-refractivity contribution in [1.82, 2.24) is 24.8 Å². The third-order valence-electron chi connectivity index (χ3n) is 7.80. The van der Waals surface area contributed by atoms with Gasteiger partial charge in [-0.2, -0.15) is 0 Å². The summed E-state index contributed by atoms with van der Waals surface area (Å²) in [5, 5.41) is 0. The van der Waals surface area contributed by atoms with Crippen LogP contribution in [0.5, 0.6) is 5.75 Å². The van der Waals surface area contributed by atoms with Crippen LogP contribution in [0.3, 0.4) is 0 Å². The predicted octanol–water partition coefficient (Wildman–Crippen LogP) is 4.54. The van der Waals surface area contributed by atoms with Crippen LogP contribution in [0.15, 0.2) is 42.7 Å². The third kappa shape index (κ3) is 4.88. The molecule has 9 heteroatoms. The highest BCUT2D eigenvalue weighted by molar-refractivity contribution is 5.96. The molecule has 1 amide bonds. The first-order valence-electron chi connectivity index (χ1n) is 13.3. The highest BCUT2D eigenvalue weighted by Gasteiger charge is 2.24. The van der Waals surface area contributed by atoms with E-state index in [4.69, 9.17) is 14.5 Å². The van der Waals surface area contributed by atoms with Crippen molar-refractivity contribution in [2.75, 3.05) is 47.5 Å².